The number of methoxy groups -OCH3 is 1. The van der Waals surface area contributed by atoms with Crippen LogP contribution in [0.1, 0.15) is 111 Å². The minimum absolute atomic E-state index is 0.138. The van der Waals surface area contributed by atoms with Gasteiger partial charge in [0.1, 0.15) is 6.10 Å². The smallest absolute Gasteiger partial charge is 0.306 e. The molecule has 2 atom stereocenters. The Labute approximate surface area is 179 Å². The molecule has 0 aliphatic heterocycles. The standard InChI is InChI=1S/C24H46O5/c1-5-6-7-8-9-10-11-12-13-14-19-28-23(25)16-15-17-24(26)29-22(3)21(2)18-20-27-4/h21-22H,5-20H2,1-4H3. The molecule has 0 aromatic carbocycles. The Bertz CT molecular complexity index is 397. The molecule has 5 nitrogen and oxygen atoms in total. The third kappa shape index (κ3) is 18.7. The van der Waals surface area contributed by atoms with Crippen LogP contribution < -0.4 is 0 Å². The van der Waals surface area contributed by atoms with Crippen LogP contribution in [0.5, 0.6) is 0 Å². The summed E-state index contributed by atoms with van der Waals surface area (Å²) in [6, 6.07) is 0. The molecule has 0 N–H and O–H groups in total. The first kappa shape index (κ1) is 27.9. The number of carbonyl (C=O) groups is 2. The number of esters is 2. The number of unbranched alkanes of at least 4 members (excludes halogenated alkanes) is 9. The molecule has 0 spiro atoms. The highest BCUT2D eigenvalue weighted by atomic mass is 16.5. The zero-order valence-corrected chi connectivity index (χ0v) is 19.5. The van der Waals surface area contributed by atoms with Crippen molar-refractivity contribution in [2.45, 2.75) is 117 Å². The Morgan fingerprint density at radius 2 is 1.28 bits per heavy atom. The fourth-order valence-corrected chi connectivity index (χ4v) is 3.15. The van der Waals surface area contributed by atoms with Gasteiger partial charge in [-0.3, -0.25) is 9.59 Å². The molecule has 0 fully saturated rings. The summed E-state index contributed by atoms with van der Waals surface area (Å²) in [6.07, 6.45) is 14.4. The van der Waals surface area contributed by atoms with E-state index in [0.717, 1.165) is 19.3 Å². The van der Waals surface area contributed by atoms with Gasteiger partial charge in [0.15, 0.2) is 0 Å². The molecule has 0 aromatic heterocycles. The van der Waals surface area contributed by atoms with Gasteiger partial charge < -0.3 is 14.2 Å². The fourth-order valence-electron chi connectivity index (χ4n) is 3.15. The van der Waals surface area contributed by atoms with Crippen molar-refractivity contribution in [3.05, 3.63) is 0 Å². The van der Waals surface area contributed by atoms with Gasteiger partial charge in [0, 0.05) is 26.6 Å². The molecule has 0 heterocycles. The highest BCUT2D eigenvalue weighted by molar-refractivity contribution is 5.72. The third-order valence-corrected chi connectivity index (χ3v) is 5.42. The van der Waals surface area contributed by atoms with Gasteiger partial charge in [0.05, 0.1) is 6.61 Å². The van der Waals surface area contributed by atoms with Crippen LogP contribution in [0.2, 0.25) is 0 Å². The van der Waals surface area contributed by atoms with E-state index in [1.165, 1.54) is 51.4 Å². The molecule has 2 unspecified atom stereocenters. The molecule has 0 aliphatic rings. The molecule has 29 heavy (non-hydrogen) atoms. The number of hydrogen-bond donors (Lipinski definition) is 0. The first-order valence-corrected chi connectivity index (χ1v) is 11.8. The van der Waals surface area contributed by atoms with Gasteiger partial charge in [-0.2, -0.15) is 0 Å². The molecule has 0 aromatic rings. The summed E-state index contributed by atoms with van der Waals surface area (Å²) in [4.78, 5) is 23.6. The Hall–Kier alpha value is -1.10. The lowest BCUT2D eigenvalue weighted by Crippen LogP contribution is -2.23. The van der Waals surface area contributed by atoms with E-state index in [9.17, 15) is 9.59 Å². The topological polar surface area (TPSA) is 61.8 Å². The second-order valence-corrected chi connectivity index (χ2v) is 8.21. The van der Waals surface area contributed by atoms with Gasteiger partial charge in [-0.25, -0.2) is 0 Å². The van der Waals surface area contributed by atoms with E-state index in [1.807, 2.05) is 13.8 Å². The predicted molar refractivity (Wildman–Crippen MR) is 118 cm³/mol. The number of rotatable bonds is 20. The van der Waals surface area contributed by atoms with Crippen LogP contribution in [-0.2, 0) is 23.8 Å². The maximum atomic E-state index is 11.9. The van der Waals surface area contributed by atoms with Crippen LogP contribution in [0.25, 0.3) is 0 Å². The molecule has 0 rings (SSSR count). The number of ether oxygens (including phenoxy) is 3. The molecular formula is C24H46O5. The van der Waals surface area contributed by atoms with E-state index >= 15 is 0 Å². The van der Waals surface area contributed by atoms with Crippen molar-refractivity contribution < 1.29 is 23.8 Å². The molecule has 0 amide bonds. The van der Waals surface area contributed by atoms with Gasteiger partial charge >= 0.3 is 11.9 Å². The minimum atomic E-state index is -0.246. The monoisotopic (exact) mass is 414 g/mol. The van der Waals surface area contributed by atoms with Crippen LogP contribution in [0.15, 0.2) is 0 Å². The van der Waals surface area contributed by atoms with Crippen molar-refractivity contribution in [2.24, 2.45) is 5.92 Å². The molecule has 0 saturated carbocycles. The summed E-state index contributed by atoms with van der Waals surface area (Å²) in [5, 5.41) is 0. The van der Waals surface area contributed by atoms with Crippen LogP contribution in [0.4, 0.5) is 0 Å². The van der Waals surface area contributed by atoms with Crippen molar-refractivity contribution in [3.8, 4) is 0 Å². The average Bonchev–Trinajstić information content (AvgIpc) is 2.70. The molecule has 0 aliphatic carbocycles. The largest absolute Gasteiger partial charge is 0.466 e. The fraction of sp³-hybridized carbons (Fsp3) is 0.917. The van der Waals surface area contributed by atoms with Crippen molar-refractivity contribution in [3.63, 3.8) is 0 Å². The molecule has 0 saturated heterocycles. The van der Waals surface area contributed by atoms with Crippen molar-refractivity contribution in [1.29, 1.82) is 0 Å². The van der Waals surface area contributed by atoms with Gasteiger partial charge in [-0.1, -0.05) is 71.6 Å². The van der Waals surface area contributed by atoms with Gasteiger partial charge in [-0.15, -0.1) is 0 Å². The molecule has 172 valence electrons. The second kappa shape index (κ2) is 20.2. The van der Waals surface area contributed by atoms with E-state index in [0.29, 0.717) is 19.6 Å². The SMILES string of the molecule is CCCCCCCCCCCCOC(=O)CCCC(=O)OC(C)C(C)CCOC. The highest BCUT2D eigenvalue weighted by Gasteiger charge is 2.17. The third-order valence-electron chi connectivity index (χ3n) is 5.42. The average molecular weight is 415 g/mol. The van der Waals surface area contributed by atoms with Gasteiger partial charge in [0.2, 0.25) is 0 Å². The van der Waals surface area contributed by atoms with E-state index in [2.05, 4.69) is 6.92 Å². The Kier molecular flexibility index (Phi) is 19.4. The van der Waals surface area contributed by atoms with Crippen molar-refractivity contribution in [1.82, 2.24) is 0 Å². The van der Waals surface area contributed by atoms with Crippen molar-refractivity contribution >= 4 is 11.9 Å². The summed E-state index contributed by atoms with van der Waals surface area (Å²) in [5.41, 5.74) is 0. The molecule has 0 radical (unpaired) electrons. The van der Waals surface area contributed by atoms with Crippen LogP contribution in [-0.4, -0.2) is 38.4 Å². The second-order valence-electron chi connectivity index (χ2n) is 8.21. The zero-order valence-electron chi connectivity index (χ0n) is 19.5. The van der Waals surface area contributed by atoms with Crippen LogP contribution in [0, 0.1) is 5.92 Å². The van der Waals surface area contributed by atoms with E-state index < -0.39 is 0 Å². The number of hydrogen-bond acceptors (Lipinski definition) is 5. The van der Waals surface area contributed by atoms with E-state index in [4.69, 9.17) is 14.2 Å². The Balaban J connectivity index is 3.50. The summed E-state index contributed by atoms with van der Waals surface area (Å²) < 4.78 is 15.7. The maximum Gasteiger partial charge on any atom is 0.306 e. The molecular weight excluding hydrogens is 368 g/mol. The van der Waals surface area contributed by atoms with Crippen molar-refractivity contribution in [2.75, 3.05) is 20.3 Å². The van der Waals surface area contributed by atoms with Gasteiger partial charge in [0.25, 0.3) is 0 Å². The lowest BCUT2D eigenvalue weighted by atomic mass is 10.0. The summed E-state index contributed by atoms with van der Waals surface area (Å²) >= 11 is 0. The maximum absolute atomic E-state index is 11.9. The normalized spacial score (nSPS) is 13.1. The lowest BCUT2D eigenvalue weighted by molar-refractivity contribution is -0.151. The van der Waals surface area contributed by atoms with Gasteiger partial charge in [-0.05, 0) is 32.1 Å². The van der Waals surface area contributed by atoms with E-state index in [1.54, 1.807) is 7.11 Å². The zero-order chi connectivity index (χ0) is 21.7. The molecule has 5 heteroatoms. The number of carbonyl (C=O) groups excluding carboxylic acids is 2. The van der Waals surface area contributed by atoms with E-state index in [-0.39, 0.29) is 36.8 Å². The Morgan fingerprint density at radius 3 is 1.86 bits per heavy atom. The minimum Gasteiger partial charge on any atom is -0.466 e. The van der Waals surface area contributed by atoms with Crippen LogP contribution in [0.3, 0.4) is 0 Å². The molecule has 0 bridgehead atoms. The Morgan fingerprint density at radius 1 is 0.724 bits per heavy atom. The summed E-state index contributed by atoms with van der Waals surface area (Å²) in [7, 11) is 1.67. The lowest BCUT2D eigenvalue weighted by Gasteiger charge is -2.20. The summed E-state index contributed by atoms with van der Waals surface area (Å²) in [5.74, 6) is -0.204. The predicted octanol–water partition coefficient (Wildman–Crippen LogP) is 6.23. The quantitative estimate of drug-likeness (QED) is 0.175. The highest BCUT2D eigenvalue weighted by Crippen LogP contribution is 2.13. The summed E-state index contributed by atoms with van der Waals surface area (Å²) in [6.45, 7) is 7.34. The first-order valence-electron chi connectivity index (χ1n) is 11.8. The van der Waals surface area contributed by atoms with Crippen LogP contribution >= 0.6 is 0 Å². The first-order chi connectivity index (χ1) is 14.0.